The molecule has 2 rings (SSSR count). The summed E-state index contributed by atoms with van der Waals surface area (Å²) in [5.41, 5.74) is 2.36. The summed E-state index contributed by atoms with van der Waals surface area (Å²) in [5, 5.41) is 9.28. The van der Waals surface area contributed by atoms with Crippen molar-refractivity contribution in [1.82, 2.24) is 0 Å². The lowest BCUT2D eigenvalue weighted by Gasteiger charge is -2.34. The van der Waals surface area contributed by atoms with E-state index in [9.17, 15) is 10.1 Å². The predicted molar refractivity (Wildman–Crippen MR) is 64.0 cm³/mol. The van der Waals surface area contributed by atoms with Crippen LogP contribution in [0.15, 0.2) is 12.1 Å². The smallest absolute Gasteiger partial charge is 0.136 e. The third kappa shape index (κ3) is 1.70. The van der Waals surface area contributed by atoms with E-state index in [1.807, 2.05) is 26.0 Å². The maximum Gasteiger partial charge on any atom is 0.136 e. The number of ether oxygens (including phenoxy) is 1. The van der Waals surface area contributed by atoms with E-state index >= 15 is 0 Å². The van der Waals surface area contributed by atoms with Gasteiger partial charge < -0.3 is 4.74 Å². The Bertz CT molecular complexity index is 495. The minimum absolute atomic E-state index is 0.165. The van der Waals surface area contributed by atoms with Gasteiger partial charge in [0.05, 0.1) is 18.6 Å². The van der Waals surface area contributed by atoms with E-state index in [-0.39, 0.29) is 5.78 Å². The van der Waals surface area contributed by atoms with Crippen LogP contribution in [0.4, 0.5) is 0 Å². The number of nitriles is 1. The van der Waals surface area contributed by atoms with Crippen LogP contribution in [0.25, 0.3) is 0 Å². The van der Waals surface area contributed by atoms with Crippen molar-refractivity contribution in [2.24, 2.45) is 0 Å². The zero-order valence-electron chi connectivity index (χ0n) is 10.3. The molecule has 0 heterocycles. The second-order valence-electron chi connectivity index (χ2n) is 4.73. The largest absolute Gasteiger partial charge is 0.496 e. The van der Waals surface area contributed by atoms with E-state index in [0.29, 0.717) is 12.8 Å². The highest BCUT2D eigenvalue weighted by atomic mass is 16.5. The summed E-state index contributed by atoms with van der Waals surface area (Å²) in [6.45, 7) is 3.92. The van der Waals surface area contributed by atoms with Gasteiger partial charge in [-0.1, -0.05) is 12.1 Å². The Morgan fingerprint density at radius 3 is 2.18 bits per heavy atom. The Hall–Kier alpha value is -1.82. The molecule has 1 aromatic rings. The average Bonchev–Trinajstić information content (AvgIpc) is 2.24. The molecule has 0 aromatic heterocycles. The van der Waals surface area contributed by atoms with Gasteiger partial charge in [-0.2, -0.15) is 5.26 Å². The highest BCUT2D eigenvalue weighted by Gasteiger charge is 2.45. The average molecular weight is 229 g/mol. The molecule has 0 unspecified atom stereocenters. The van der Waals surface area contributed by atoms with E-state index < -0.39 is 5.41 Å². The van der Waals surface area contributed by atoms with Gasteiger partial charge in [-0.05, 0) is 30.5 Å². The summed E-state index contributed by atoms with van der Waals surface area (Å²) >= 11 is 0. The third-order valence-electron chi connectivity index (χ3n) is 3.43. The molecule has 0 bridgehead atoms. The van der Waals surface area contributed by atoms with E-state index in [2.05, 4.69) is 6.07 Å². The maximum absolute atomic E-state index is 11.2. The molecule has 88 valence electrons. The number of hydrogen-bond acceptors (Lipinski definition) is 3. The van der Waals surface area contributed by atoms with Gasteiger partial charge in [-0.25, -0.2) is 0 Å². The molecule has 1 saturated carbocycles. The van der Waals surface area contributed by atoms with Crippen LogP contribution < -0.4 is 4.74 Å². The fourth-order valence-corrected chi connectivity index (χ4v) is 2.52. The van der Waals surface area contributed by atoms with Crippen LogP contribution in [0.3, 0.4) is 0 Å². The first-order valence-electron chi connectivity index (χ1n) is 5.61. The molecular formula is C14H15NO2. The molecule has 0 saturated heterocycles. The van der Waals surface area contributed by atoms with E-state index in [0.717, 1.165) is 22.4 Å². The van der Waals surface area contributed by atoms with Crippen molar-refractivity contribution < 1.29 is 9.53 Å². The zero-order chi connectivity index (χ0) is 12.6. The number of ketones is 1. The molecular weight excluding hydrogens is 214 g/mol. The Labute approximate surface area is 101 Å². The number of Topliss-reactive ketones (excluding diaryl/α,β-unsaturated/α-hetero) is 1. The quantitative estimate of drug-likeness (QED) is 0.782. The zero-order valence-corrected chi connectivity index (χ0v) is 10.3. The van der Waals surface area contributed by atoms with Crippen molar-refractivity contribution in [2.45, 2.75) is 32.1 Å². The summed E-state index contributed by atoms with van der Waals surface area (Å²) in [4.78, 5) is 11.2. The number of methoxy groups -OCH3 is 1. The molecule has 0 atom stereocenters. The van der Waals surface area contributed by atoms with Gasteiger partial charge in [0.1, 0.15) is 11.5 Å². The van der Waals surface area contributed by atoms with Crippen LogP contribution in [-0.4, -0.2) is 12.9 Å². The van der Waals surface area contributed by atoms with Gasteiger partial charge in [-0.3, -0.25) is 4.79 Å². The number of rotatable bonds is 2. The van der Waals surface area contributed by atoms with Crippen molar-refractivity contribution >= 4 is 5.78 Å². The number of aryl methyl sites for hydroxylation is 2. The molecule has 17 heavy (non-hydrogen) atoms. The number of nitrogens with zero attached hydrogens (tertiary/aromatic N) is 1. The minimum Gasteiger partial charge on any atom is -0.496 e. The summed E-state index contributed by atoms with van der Waals surface area (Å²) in [6.07, 6.45) is 0.684. The number of carbonyl (C=O) groups is 1. The van der Waals surface area contributed by atoms with Crippen LogP contribution in [-0.2, 0) is 10.2 Å². The Kier molecular flexibility index (Phi) is 2.66. The summed E-state index contributed by atoms with van der Waals surface area (Å²) in [6, 6.07) is 6.21. The Morgan fingerprint density at radius 1 is 1.29 bits per heavy atom. The van der Waals surface area contributed by atoms with Crippen LogP contribution in [0, 0.1) is 25.2 Å². The number of hydrogen-bond donors (Lipinski definition) is 0. The van der Waals surface area contributed by atoms with Crippen molar-refractivity contribution in [3.8, 4) is 11.8 Å². The molecule has 0 N–H and O–H groups in total. The standard InChI is InChI=1S/C14H15NO2/c1-9-4-11(5-10(2)13(9)17-3)14(8-15)6-12(16)7-14/h4-5H,6-7H2,1-3H3. The molecule has 1 aliphatic rings. The van der Waals surface area contributed by atoms with Crippen molar-refractivity contribution in [3.05, 3.63) is 28.8 Å². The van der Waals surface area contributed by atoms with Gasteiger partial charge in [0.2, 0.25) is 0 Å². The molecule has 0 spiro atoms. The topological polar surface area (TPSA) is 50.1 Å². The third-order valence-corrected chi connectivity index (χ3v) is 3.43. The fourth-order valence-electron chi connectivity index (χ4n) is 2.52. The Morgan fingerprint density at radius 2 is 1.82 bits per heavy atom. The molecule has 0 amide bonds. The molecule has 0 radical (unpaired) electrons. The first-order chi connectivity index (χ1) is 8.02. The van der Waals surface area contributed by atoms with Crippen LogP contribution in [0.2, 0.25) is 0 Å². The van der Waals surface area contributed by atoms with Crippen molar-refractivity contribution in [3.63, 3.8) is 0 Å². The maximum atomic E-state index is 11.2. The summed E-state index contributed by atoms with van der Waals surface area (Å²) < 4.78 is 5.30. The van der Waals surface area contributed by atoms with E-state index in [1.54, 1.807) is 7.11 Å². The number of benzene rings is 1. The fraction of sp³-hybridized carbons (Fsp3) is 0.429. The van der Waals surface area contributed by atoms with Crippen LogP contribution >= 0.6 is 0 Å². The monoisotopic (exact) mass is 229 g/mol. The normalized spacial score (nSPS) is 17.2. The summed E-state index contributed by atoms with van der Waals surface area (Å²) in [5.74, 6) is 1.02. The highest BCUT2D eigenvalue weighted by molar-refractivity contribution is 5.90. The molecule has 3 heteroatoms. The van der Waals surface area contributed by atoms with Gasteiger partial charge in [0, 0.05) is 12.8 Å². The van der Waals surface area contributed by atoms with Gasteiger partial charge in [0.25, 0.3) is 0 Å². The van der Waals surface area contributed by atoms with Crippen LogP contribution in [0.5, 0.6) is 5.75 Å². The summed E-state index contributed by atoms with van der Waals surface area (Å²) in [7, 11) is 1.64. The van der Waals surface area contributed by atoms with Gasteiger partial charge in [0.15, 0.2) is 0 Å². The van der Waals surface area contributed by atoms with E-state index in [4.69, 9.17) is 4.74 Å². The SMILES string of the molecule is COc1c(C)cc(C2(C#N)CC(=O)C2)cc1C. The molecule has 1 aliphatic carbocycles. The first-order valence-corrected chi connectivity index (χ1v) is 5.61. The first kappa shape index (κ1) is 11.7. The molecule has 1 aromatic carbocycles. The van der Waals surface area contributed by atoms with Gasteiger partial charge in [-0.15, -0.1) is 0 Å². The minimum atomic E-state index is -0.598. The number of carbonyl (C=O) groups excluding carboxylic acids is 1. The lowest BCUT2D eigenvalue weighted by atomic mass is 9.64. The second kappa shape index (κ2) is 3.89. The van der Waals surface area contributed by atoms with Crippen LogP contribution in [0.1, 0.15) is 29.5 Å². The lowest BCUT2D eigenvalue weighted by molar-refractivity contribution is -0.126. The van der Waals surface area contributed by atoms with Gasteiger partial charge >= 0.3 is 0 Å². The van der Waals surface area contributed by atoms with Crippen molar-refractivity contribution in [1.29, 1.82) is 5.26 Å². The molecule has 0 aliphatic heterocycles. The lowest BCUT2D eigenvalue weighted by Crippen LogP contribution is -2.40. The van der Waals surface area contributed by atoms with E-state index in [1.165, 1.54) is 0 Å². The predicted octanol–water partition coefficient (Wildman–Crippen LogP) is 2.44. The molecule has 3 nitrogen and oxygen atoms in total. The highest BCUT2D eigenvalue weighted by Crippen LogP contribution is 2.42. The van der Waals surface area contributed by atoms with Crippen molar-refractivity contribution in [2.75, 3.05) is 7.11 Å². The second-order valence-corrected chi connectivity index (χ2v) is 4.73. The Balaban J connectivity index is 2.48. The molecule has 1 fully saturated rings.